The van der Waals surface area contributed by atoms with Gasteiger partial charge < -0.3 is 15.4 Å². The maximum Gasteiger partial charge on any atom is 0.217 e. The zero-order chi connectivity index (χ0) is 16.1. The number of carbonyl (C=O) groups excluding carboxylic acids is 1. The molecule has 1 unspecified atom stereocenters. The summed E-state index contributed by atoms with van der Waals surface area (Å²) < 4.78 is 5.89. The van der Waals surface area contributed by atoms with Crippen molar-refractivity contribution in [3.05, 3.63) is 33.8 Å². The van der Waals surface area contributed by atoms with E-state index >= 15 is 0 Å². The molecule has 1 fully saturated rings. The lowest BCUT2D eigenvalue weighted by Crippen LogP contribution is -2.44. The number of benzene rings is 1. The van der Waals surface area contributed by atoms with E-state index in [0.717, 1.165) is 5.56 Å². The van der Waals surface area contributed by atoms with Crippen molar-refractivity contribution in [3.8, 4) is 6.07 Å². The van der Waals surface area contributed by atoms with Gasteiger partial charge in [-0.05, 0) is 17.7 Å². The lowest BCUT2D eigenvalue weighted by atomic mass is 9.89. The van der Waals surface area contributed by atoms with E-state index in [0.29, 0.717) is 29.7 Å². The molecule has 2 N–H and O–H groups in total. The molecule has 0 aromatic heterocycles. The zero-order valence-electron chi connectivity index (χ0n) is 12.1. The minimum Gasteiger partial charge on any atom is -0.372 e. The average Bonchev–Trinajstić information content (AvgIpc) is 2.73. The largest absolute Gasteiger partial charge is 0.372 e. The maximum absolute atomic E-state index is 11.3. The molecule has 1 aliphatic heterocycles. The van der Waals surface area contributed by atoms with Gasteiger partial charge in [-0.3, -0.25) is 4.79 Å². The van der Waals surface area contributed by atoms with E-state index in [9.17, 15) is 10.1 Å². The Bertz CT molecular complexity index is 589. The molecule has 0 saturated carbocycles. The first kappa shape index (κ1) is 17.0. The van der Waals surface area contributed by atoms with E-state index in [1.54, 1.807) is 12.1 Å². The lowest BCUT2D eigenvalue weighted by molar-refractivity contribution is -0.120. The van der Waals surface area contributed by atoms with Crippen LogP contribution in [0.1, 0.15) is 18.6 Å². The van der Waals surface area contributed by atoms with Crippen molar-refractivity contribution in [1.82, 2.24) is 10.6 Å². The highest BCUT2D eigenvalue weighted by Gasteiger charge is 2.33. The second kappa shape index (κ2) is 7.80. The van der Waals surface area contributed by atoms with Gasteiger partial charge in [-0.2, -0.15) is 5.26 Å². The van der Waals surface area contributed by atoms with Crippen LogP contribution in [0.4, 0.5) is 0 Å². The summed E-state index contributed by atoms with van der Waals surface area (Å²) in [6, 6.07) is 6.78. The van der Waals surface area contributed by atoms with Gasteiger partial charge in [0.25, 0.3) is 0 Å². The van der Waals surface area contributed by atoms with Gasteiger partial charge in [0.15, 0.2) is 0 Å². The molecule has 1 aromatic carbocycles. The van der Waals surface area contributed by atoms with Gasteiger partial charge in [-0.15, -0.1) is 0 Å². The van der Waals surface area contributed by atoms with Crippen LogP contribution < -0.4 is 10.6 Å². The molecule has 7 heteroatoms. The van der Waals surface area contributed by atoms with Crippen LogP contribution in [0.2, 0.25) is 10.0 Å². The van der Waals surface area contributed by atoms with E-state index in [2.05, 4.69) is 16.7 Å². The number of carbonyl (C=O) groups is 1. The minimum absolute atomic E-state index is 0.228. The predicted octanol–water partition coefficient (Wildman–Crippen LogP) is 2.30. The molecule has 0 aliphatic carbocycles. The molecular formula is C15H17Cl2N3O2. The highest BCUT2D eigenvalue weighted by atomic mass is 35.5. The molecule has 1 saturated heterocycles. The van der Waals surface area contributed by atoms with Crippen LogP contribution in [0.3, 0.4) is 0 Å². The Labute approximate surface area is 139 Å². The molecule has 1 heterocycles. The van der Waals surface area contributed by atoms with E-state index in [-0.39, 0.29) is 17.9 Å². The Hall–Kier alpha value is -1.32. The molecule has 22 heavy (non-hydrogen) atoms. The molecule has 2 rings (SSSR count). The summed E-state index contributed by atoms with van der Waals surface area (Å²) in [5, 5.41) is 16.2. The first-order valence-corrected chi connectivity index (χ1v) is 7.72. The predicted molar refractivity (Wildman–Crippen MR) is 84.7 cm³/mol. The van der Waals surface area contributed by atoms with Crippen molar-refractivity contribution < 1.29 is 9.53 Å². The number of amides is 1. The summed E-state index contributed by atoms with van der Waals surface area (Å²) in [5.74, 6) is -0.475. The van der Waals surface area contributed by atoms with Crippen LogP contribution in [-0.2, 0) is 9.53 Å². The Kier molecular flexibility index (Phi) is 6.04. The number of ether oxygens (including phenoxy) is 1. The van der Waals surface area contributed by atoms with Gasteiger partial charge in [0.2, 0.25) is 5.91 Å². The molecular weight excluding hydrogens is 325 g/mol. The molecule has 3 atom stereocenters. The molecule has 1 amide bonds. The van der Waals surface area contributed by atoms with Crippen LogP contribution >= 0.6 is 23.2 Å². The molecule has 0 bridgehead atoms. The number of hydrogen-bond donors (Lipinski definition) is 2. The third kappa shape index (κ3) is 4.11. The van der Waals surface area contributed by atoms with Gasteiger partial charge in [-0.1, -0.05) is 29.3 Å². The number of hydrogen-bond acceptors (Lipinski definition) is 4. The van der Waals surface area contributed by atoms with E-state index < -0.39 is 6.04 Å². The van der Waals surface area contributed by atoms with Crippen molar-refractivity contribution in [2.75, 3.05) is 19.7 Å². The third-order valence-electron chi connectivity index (χ3n) is 3.54. The second-order valence-corrected chi connectivity index (χ2v) is 5.95. The molecule has 0 radical (unpaired) electrons. The van der Waals surface area contributed by atoms with Gasteiger partial charge in [0, 0.05) is 25.9 Å². The van der Waals surface area contributed by atoms with Crippen LogP contribution in [0.25, 0.3) is 0 Å². The van der Waals surface area contributed by atoms with Crippen LogP contribution in [0.15, 0.2) is 18.2 Å². The molecule has 0 spiro atoms. The van der Waals surface area contributed by atoms with Crippen molar-refractivity contribution in [2.45, 2.75) is 19.1 Å². The summed E-state index contributed by atoms with van der Waals surface area (Å²) in [5.41, 5.74) is 0.841. The monoisotopic (exact) mass is 341 g/mol. The van der Waals surface area contributed by atoms with Gasteiger partial charge in [-0.25, -0.2) is 0 Å². The summed E-state index contributed by atoms with van der Waals surface area (Å²) in [7, 11) is 0. The fourth-order valence-electron chi connectivity index (χ4n) is 2.54. The third-order valence-corrected chi connectivity index (χ3v) is 4.28. The van der Waals surface area contributed by atoms with Crippen LogP contribution in [0.5, 0.6) is 0 Å². The smallest absolute Gasteiger partial charge is 0.217 e. The van der Waals surface area contributed by atoms with Crippen LogP contribution in [0, 0.1) is 17.2 Å². The number of nitriles is 1. The number of rotatable bonds is 3. The molecule has 118 valence electrons. The summed E-state index contributed by atoms with van der Waals surface area (Å²) in [6.45, 7) is 3.15. The SMILES string of the molecule is CC(=O)NC(C#N)[C@@H]1CNCCO[C@H]1c1ccc(Cl)c(Cl)c1. The van der Waals surface area contributed by atoms with Crippen molar-refractivity contribution in [3.63, 3.8) is 0 Å². The Balaban J connectivity index is 2.32. The standard InChI is InChI=1S/C15H17Cl2N3O2/c1-9(21)20-14(7-18)11-8-19-4-5-22-15(11)10-2-3-12(16)13(17)6-10/h2-3,6,11,14-15,19H,4-5,8H2,1H3,(H,20,21)/t11-,14?,15-/m0/s1. The molecule has 1 aliphatic rings. The summed E-state index contributed by atoms with van der Waals surface area (Å²) in [4.78, 5) is 11.3. The first-order valence-electron chi connectivity index (χ1n) is 6.97. The maximum atomic E-state index is 11.3. The van der Waals surface area contributed by atoms with Gasteiger partial charge in [0.1, 0.15) is 6.04 Å². The van der Waals surface area contributed by atoms with Crippen molar-refractivity contribution in [2.24, 2.45) is 5.92 Å². The van der Waals surface area contributed by atoms with Gasteiger partial charge >= 0.3 is 0 Å². The fourth-order valence-corrected chi connectivity index (χ4v) is 2.84. The number of halogens is 2. The average molecular weight is 342 g/mol. The van der Waals surface area contributed by atoms with E-state index in [1.807, 2.05) is 6.07 Å². The van der Waals surface area contributed by atoms with Crippen molar-refractivity contribution >= 4 is 29.1 Å². The minimum atomic E-state index is -0.650. The lowest BCUT2D eigenvalue weighted by Gasteiger charge is -2.29. The summed E-state index contributed by atoms with van der Waals surface area (Å²) >= 11 is 12.0. The quantitative estimate of drug-likeness (QED) is 0.884. The fraction of sp³-hybridized carbons (Fsp3) is 0.467. The normalized spacial score (nSPS) is 23.2. The summed E-state index contributed by atoms with van der Waals surface area (Å²) in [6.07, 6.45) is -0.346. The number of nitrogens with zero attached hydrogens (tertiary/aromatic N) is 1. The molecule has 1 aromatic rings. The Morgan fingerprint density at radius 3 is 2.91 bits per heavy atom. The first-order chi connectivity index (χ1) is 10.5. The Morgan fingerprint density at radius 2 is 2.27 bits per heavy atom. The molecule has 5 nitrogen and oxygen atoms in total. The van der Waals surface area contributed by atoms with Crippen molar-refractivity contribution in [1.29, 1.82) is 5.26 Å². The Morgan fingerprint density at radius 1 is 1.50 bits per heavy atom. The highest BCUT2D eigenvalue weighted by Crippen LogP contribution is 2.33. The second-order valence-electron chi connectivity index (χ2n) is 5.14. The topological polar surface area (TPSA) is 74.2 Å². The van der Waals surface area contributed by atoms with E-state index in [4.69, 9.17) is 27.9 Å². The van der Waals surface area contributed by atoms with Gasteiger partial charge in [0.05, 0.1) is 28.8 Å². The number of nitrogens with one attached hydrogen (secondary N) is 2. The zero-order valence-corrected chi connectivity index (χ0v) is 13.6. The van der Waals surface area contributed by atoms with Crippen LogP contribution in [-0.4, -0.2) is 31.6 Å². The van der Waals surface area contributed by atoms with E-state index in [1.165, 1.54) is 6.92 Å². The highest BCUT2D eigenvalue weighted by molar-refractivity contribution is 6.42.